The Morgan fingerprint density at radius 3 is 1.18 bits per heavy atom. The third kappa shape index (κ3) is 42.0. The molecule has 0 saturated heterocycles. The average molecular weight is 1090 g/mol. The largest absolute Gasteiger partial charge is 0.465 e. The fourth-order valence-electron chi connectivity index (χ4n) is 5.84. The monoisotopic (exact) mass is 1090 g/mol. The molecule has 0 aliphatic rings. The number of alkyl carbamates (subject to hydrolysis) is 1. The number of esters is 2. The fourth-order valence-corrected chi connectivity index (χ4v) is 7.27. The molecule has 2 atom stereocenters. The molecule has 3 amide bonds. The first-order chi connectivity index (χ1) is 35.0. The van der Waals surface area contributed by atoms with Crippen molar-refractivity contribution in [2.24, 2.45) is 11.5 Å². The highest BCUT2D eigenvalue weighted by atomic mass is 28.3. The molecule has 0 radical (unpaired) electrons. The molecule has 0 fully saturated rings. The van der Waals surface area contributed by atoms with Gasteiger partial charge in [-0.3, -0.25) is 19.2 Å². The van der Waals surface area contributed by atoms with Crippen LogP contribution in [0.1, 0.15) is 72.1 Å². The molecular formula is C48H95N11O13Si2. The minimum absolute atomic E-state index is 0.132. The number of nitrogens with one attached hydrogen (secondary N) is 6. The van der Waals surface area contributed by atoms with Gasteiger partial charge in [0.25, 0.3) is 0 Å². The van der Waals surface area contributed by atoms with Gasteiger partial charge < -0.3 is 81.3 Å². The lowest BCUT2D eigenvalue weighted by Gasteiger charge is -2.19. The SMILES string of the molecule is CC(C)(C)OC(=O)NCCOCCOCCOCCOCCOCCNc1nc(NCCCCNC(=O)CC[C@H](N)C(=O)OCC[Si](C)(C)C)nc(NCCCCNC(=O)CC[C@H](N)C(=O)OCC[Si](C)(C)C)n1. The molecule has 10 N–H and O–H groups in total. The molecule has 428 valence electrons. The van der Waals surface area contributed by atoms with Gasteiger partial charge in [0.1, 0.15) is 17.7 Å². The van der Waals surface area contributed by atoms with Crippen molar-refractivity contribution < 1.29 is 61.9 Å². The van der Waals surface area contributed by atoms with Crippen LogP contribution in [0.5, 0.6) is 0 Å². The average Bonchev–Trinajstić information content (AvgIpc) is 3.31. The van der Waals surface area contributed by atoms with Crippen LogP contribution in [0.15, 0.2) is 0 Å². The van der Waals surface area contributed by atoms with Gasteiger partial charge in [0.05, 0.1) is 79.3 Å². The van der Waals surface area contributed by atoms with E-state index in [1.165, 1.54) is 0 Å². The molecule has 0 aliphatic heterocycles. The Balaban J connectivity index is 2.43. The predicted octanol–water partition coefficient (Wildman–Crippen LogP) is 3.49. The number of carbonyl (C=O) groups is 5. The Kier molecular flexibility index (Phi) is 36.6. The third-order valence-electron chi connectivity index (χ3n) is 10.1. The molecule has 74 heavy (non-hydrogen) atoms. The number of anilines is 3. The number of rotatable bonds is 45. The lowest BCUT2D eigenvalue weighted by Crippen LogP contribution is -2.35. The normalized spacial score (nSPS) is 12.6. The van der Waals surface area contributed by atoms with Crippen molar-refractivity contribution in [1.29, 1.82) is 0 Å². The Labute approximate surface area is 442 Å². The standard InChI is InChI=1S/C48H95N11O13Si2/c1-48(2,3)72-47(64)56-23-25-66-27-29-68-31-33-69-32-30-67-28-26-65-24-22-55-46-58-44(53-20-12-10-18-51-40(60)16-14-38(49)42(62)70-34-36-73(4,5)6)57-45(59-46)54-21-13-11-19-52-41(61)17-15-39(50)43(63)71-35-37-74(7,8)9/h38-39H,10-37,49-50H2,1-9H3,(H,51,60)(H,52,61)(H,56,64)(H3,53,54,55,57,58,59)/t38-,39-/m0/s1. The number of carbonyl (C=O) groups excluding carboxylic acids is 5. The number of unbranched alkanes of at least 4 members (excludes halogenated alkanes) is 2. The van der Waals surface area contributed by atoms with Gasteiger partial charge in [0.2, 0.25) is 29.7 Å². The van der Waals surface area contributed by atoms with E-state index in [0.29, 0.717) is 162 Å². The number of ether oxygens (including phenoxy) is 8. The second kappa shape index (κ2) is 40.0. The first-order valence-corrected chi connectivity index (χ1v) is 33.7. The van der Waals surface area contributed by atoms with Crippen LogP contribution in [0.4, 0.5) is 22.6 Å². The van der Waals surface area contributed by atoms with Crippen molar-refractivity contribution >= 4 is 63.8 Å². The van der Waals surface area contributed by atoms with Crippen molar-refractivity contribution in [3.8, 4) is 0 Å². The van der Waals surface area contributed by atoms with Crippen LogP contribution < -0.4 is 43.4 Å². The van der Waals surface area contributed by atoms with Gasteiger partial charge >= 0.3 is 18.0 Å². The van der Waals surface area contributed by atoms with Gasteiger partial charge in [-0.05, 0) is 71.4 Å². The number of nitrogens with two attached hydrogens (primary N) is 2. The lowest BCUT2D eigenvalue weighted by molar-refractivity contribution is -0.145. The second-order valence-electron chi connectivity index (χ2n) is 20.9. The Hall–Kier alpha value is -4.29. The van der Waals surface area contributed by atoms with E-state index < -0.39 is 51.9 Å². The van der Waals surface area contributed by atoms with Crippen LogP contribution >= 0.6 is 0 Å². The van der Waals surface area contributed by atoms with Gasteiger partial charge in [-0.2, -0.15) is 15.0 Å². The minimum Gasteiger partial charge on any atom is -0.465 e. The molecule has 1 rings (SSSR count). The van der Waals surface area contributed by atoms with E-state index in [1.807, 2.05) is 0 Å². The molecule has 26 heteroatoms. The van der Waals surface area contributed by atoms with Crippen molar-refractivity contribution in [3.05, 3.63) is 0 Å². The predicted molar refractivity (Wildman–Crippen MR) is 291 cm³/mol. The number of nitrogens with zero attached hydrogens (tertiary/aromatic N) is 3. The first kappa shape index (κ1) is 67.7. The van der Waals surface area contributed by atoms with Crippen LogP contribution in [-0.2, 0) is 57.1 Å². The van der Waals surface area contributed by atoms with Crippen molar-refractivity contribution in [2.45, 2.75) is 141 Å². The zero-order valence-corrected chi connectivity index (χ0v) is 48.3. The molecule has 1 heterocycles. The zero-order chi connectivity index (χ0) is 55.1. The van der Waals surface area contributed by atoms with Crippen molar-refractivity contribution in [2.75, 3.05) is 135 Å². The zero-order valence-electron chi connectivity index (χ0n) is 46.3. The quantitative estimate of drug-likeness (QED) is 0.0201. The summed E-state index contributed by atoms with van der Waals surface area (Å²) in [6.45, 7) is 26.1. The summed E-state index contributed by atoms with van der Waals surface area (Å²) in [7, 11) is -2.66. The summed E-state index contributed by atoms with van der Waals surface area (Å²) in [6.07, 6.45) is 3.04. The summed E-state index contributed by atoms with van der Waals surface area (Å²) in [5.41, 5.74) is 11.4. The molecule has 0 saturated carbocycles. The van der Waals surface area contributed by atoms with E-state index >= 15 is 0 Å². The van der Waals surface area contributed by atoms with Gasteiger partial charge in [-0.15, -0.1) is 0 Å². The van der Waals surface area contributed by atoms with Crippen LogP contribution in [-0.4, -0.2) is 197 Å². The van der Waals surface area contributed by atoms with E-state index in [-0.39, 0.29) is 37.5 Å². The Bertz CT molecular complexity index is 1620. The fraction of sp³-hybridized carbons (Fsp3) is 0.833. The maximum absolute atomic E-state index is 12.4. The number of hydrogen-bond donors (Lipinski definition) is 8. The summed E-state index contributed by atoms with van der Waals surface area (Å²) in [6, 6.07) is 0.0572. The Morgan fingerprint density at radius 1 is 0.473 bits per heavy atom. The summed E-state index contributed by atoms with van der Waals surface area (Å²) in [5, 5.41) is 18.1. The highest BCUT2D eigenvalue weighted by molar-refractivity contribution is 6.76. The van der Waals surface area contributed by atoms with E-state index in [9.17, 15) is 24.0 Å². The van der Waals surface area contributed by atoms with Crippen LogP contribution in [0.25, 0.3) is 0 Å². The number of hydrogen-bond acceptors (Lipinski definition) is 21. The van der Waals surface area contributed by atoms with Crippen LogP contribution in [0.2, 0.25) is 51.4 Å². The molecule has 1 aromatic heterocycles. The number of amides is 3. The van der Waals surface area contributed by atoms with Crippen LogP contribution in [0, 0.1) is 0 Å². The summed E-state index contributed by atoms with van der Waals surface area (Å²) in [4.78, 5) is 74.4. The first-order valence-electron chi connectivity index (χ1n) is 26.2. The second-order valence-corrected chi connectivity index (χ2v) is 32.2. The molecule has 1 aromatic rings. The van der Waals surface area contributed by atoms with Crippen LogP contribution in [0.3, 0.4) is 0 Å². The molecule has 0 unspecified atom stereocenters. The topological polar surface area (TPSA) is 322 Å². The smallest absolute Gasteiger partial charge is 0.407 e. The maximum Gasteiger partial charge on any atom is 0.407 e. The molecule has 0 spiro atoms. The molecule has 0 bridgehead atoms. The molecule has 0 aliphatic carbocycles. The molecule has 24 nitrogen and oxygen atoms in total. The highest BCUT2D eigenvalue weighted by Crippen LogP contribution is 2.12. The Morgan fingerprint density at radius 2 is 0.811 bits per heavy atom. The highest BCUT2D eigenvalue weighted by Gasteiger charge is 2.21. The minimum atomic E-state index is -1.33. The van der Waals surface area contributed by atoms with Gasteiger partial charge in [0, 0.05) is 68.3 Å². The summed E-state index contributed by atoms with van der Waals surface area (Å²) < 4.78 is 43.5. The summed E-state index contributed by atoms with van der Waals surface area (Å²) >= 11 is 0. The molecular weight excluding hydrogens is 995 g/mol. The van der Waals surface area contributed by atoms with E-state index in [4.69, 9.17) is 49.4 Å². The van der Waals surface area contributed by atoms with Gasteiger partial charge in [-0.1, -0.05) is 39.3 Å². The van der Waals surface area contributed by atoms with E-state index in [1.54, 1.807) is 20.8 Å². The van der Waals surface area contributed by atoms with Gasteiger partial charge in [0.15, 0.2) is 0 Å². The van der Waals surface area contributed by atoms with E-state index in [2.05, 4.69) is 86.1 Å². The van der Waals surface area contributed by atoms with Gasteiger partial charge in [-0.25, -0.2) is 4.79 Å². The van der Waals surface area contributed by atoms with Crippen molar-refractivity contribution in [3.63, 3.8) is 0 Å². The number of aromatic nitrogens is 3. The maximum atomic E-state index is 12.4. The summed E-state index contributed by atoms with van der Waals surface area (Å²) in [5.74, 6) is -0.220. The lowest BCUT2D eigenvalue weighted by atomic mass is 10.1. The van der Waals surface area contributed by atoms with E-state index in [0.717, 1.165) is 12.1 Å². The third-order valence-corrected chi connectivity index (χ3v) is 13.6. The molecule has 0 aromatic carbocycles. The van der Waals surface area contributed by atoms with Crippen molar-refractivity contribution in [1.82, 2.24) is 30.9 Å².